The molecule has 0 spiro atoms. The minimum Gasteiger partial charge on any atom is -0.367 e. The topological polar surface area (TPSA) is 15.8 Å². The van der Waals surface area contributed by atoms with Gasteiger partial charge in [-0.15, -0.1) is 11.6 Å². The normalized spacial score (nSPS) is 10.6. The Hall–Kier alpha value is -1.99. The second kappa shape index (κ2) is 5.33. The van der Waals surface area contributed by atoms with E-state index in [-0.39, 0.29) is 0 Å². The fourth-order valence-corrected chi connectivity index (χ4v) is 2.43. The second-order valence-electron chi connectivity index (χ2n) is 4.48. The van der Waals surface area contributed by atoms with Crippen molar-refractivity contribution in [3.05, 3.63) is 72.6 Å². The molecule has 0 aliphatic carbocycles. The summed E-state index contributed by atoms with van der Waals surface area (Å²) in [4.78, 5) is 3.11. The average Bonchev–Trinajstić information content (AvgIpc) is 3.01. The fourth-order valence-electron chi connectivity index (χ4n) is 2.25. The molecule has 3 rings (SSSR count). The van der Waals surface area contributed by atoms with Gasteiger partial charge in [0.1, 0.15) is 0 Å². The molecule has 1 N–H and O–H groups in total. The Morgan fingerprint density at radius 1 is 0.789 bits per heavy atom. The van der Waals surface area contributed by atoms with Crippen LogP contribution in [-0.4, -0.2) is 4.98 Å². The van der Waals surface area contributed by atoms with E-state index in [9.17, 15) is 0 Å². The van der Waals surface area contributed by atoms with Gasteiger partial charge in [-0.2, -0.15) is 0 Å². The number of rotatable bonds is 3. The van der Waals surface area contributed by atoms with Gasteiger partial charge in [0.15, 0.2) is 0 Å². The molecule has 19 heavy (non-hydrogen) atoms. The van der Waals surface area contributed by atoms with Crippen LogP contribution in [0.1, 0.15) is 5.56 Å². The molecule has 0 radical (unpaired) electrons. The molecule has 0 aliphatic heterocycles. The van der Waals surface area contributed by atoms with Crippen molar-refractivity contribution >= 4 is 11.6 Å². The van der Waals surface area contributed by atoms with E-state index in [4.69, 9.17) is 11.6 Å². The van der Waals surface area contributed by atoms with Gasteiger partial charge in [0.25, 0.3) is 0 Å². The van der Waals surface area contributed by atoms with Crippen LogP contribution in [0, 0.1) is 0 Å². The lowest BCUT2D eigenvalue weighted by atomic mass is 9.96. The molecule has 0 saturated carbocycles. The highest BCUT2D eigenvalue weighted by atomic mass is 35.5. The number of H-pyrrole nitrogens is 1. The van der Waals surface area contributed by atoms with E-state index in [1.54, 1.807) is 0 Å². The van der Waals surface area contributed by atoms with Crippen LogP contribution in [0.15, 0.2) is 67.0 Å². The monoisotopic (exact) mass is 267 g/mol. The summed E-state index contributed by atoms with van der Waals surface area (Å²) in [5.41, 5.74) is 6.04. The lowest BCUT2D eigenvalue weighted by Gasteiger charge is -2.09. The lowest BCUT2D eigenvalue weighted by Crippen LogP contribution is -1.84. The highest BCUT2D eigenvalue weighted by Gasteiger charge is 2.06. The zero-order valence-corrected chi connectivity index (χ0v) is 11.2. The molecule has 94 valence electrons. The molecule has 0 fully saturated rings. The molecular weight excluding hydrogens is 254 g/mol. The molecule has 0 bridgehead atoms. The van der Waals surface area contributed by atoms with Gasteiger partial charge >= 0.3 is 0 Å². The molecule has 1 heterocycles. The zero-order valence-electron chi connectivity index (χ0n) is 10.4. The molecule has 0 amide bonds. The Kier molecular flexibility index (Phi) is 3.39. The summed E-state index contributed by atoms with van der Waals surface area (Å²) >= 11 is 5.83. The van der Waals surface area contributed by atoms with Crippen LogP contribution < -0.4 is 0 Å². The summed E-state index contributed by atoms with van der Waals surface area (Å²) in [5, 5.41) is 0. The van der Waals surface area contributed by atoms with E-state index in [0.717, 1.165) is 5.56 Å². The first-order valence-corrected chi connectivity index (χ1v) is 6.79. The van der Waals surface area contributed by atoms with E-state index in [1.807, 2.05) is 12.4 Å². The first-order chi connectivity index (χ1) is 9.38. The van der Waals surface area contributed by atoms with Gasteiger partial charge < -0.3 is 4.98 Å². The lowest BCUT2D eigenvalue weighted by molar-refractivity contribution is 1.40. The van der Waals surface area contributed by atoms with Crippen LogP contribution in [-0.2, 0) is 5.88 Å². The third-order valence-electron chi connectivity index (χ3n) is 3.26. The van der Waals surface area contributed by atoms with Crippen molar-refractivity contribution < 1.29 is 0 Å². The minimum atomic E-state index is 0.555. The maximum Gasteiger partial charge on any atom is 0.0474 e. The highest BCUT2D eigenvalue weighted by Crippen LogP contribution is 2.31. The average molecular weight is 268 g/mol. The maximum absolute atomic E-state index is 5.83. The molecule has 0 aliphatic rings. The Morgan fingerprint density at radius 3 is 2.05 bits per heavy atom. The Labute approximate surface area is 117 Å². The summed E-state index contributed by atoms with van der Waals surface area (Å²) in [6.07, 6.45) is 3.97. The third-order valence-corrected chi connectivity index (χ3v) is 3.56. The summed E-state index contributed by atoms with van der Waals surface area (Å²) in [6, 6.07) is 18.9. The van der Waals surface area contributed by atoms with Gasteiger partial charge in [-0.1, -0.05) is 48.5 Å². The van der Waals surface area contributed by atoms with Crippen molar-refractivity contribution in [3.63, 3.8) is 0 Å². The summed E-state index contributed by atoms with van der Waals surface area (Å²) in [7, 11) is 0. The quantitative estimate of drug-likeness (QED) is 0.637. The zero-order chi connectivity index (χ0) is 13.1. The standard InChI is InChI=1S/C17H14ClN/c18-11-13-5-7-14(8-6-13)16-3-1-2-4-17(16)15-9-10-19-12-15/h1-10,12,19H,11H2. The summed E-state index contributed by atoms with van der Waals surface area (Å²) in [6.45, 7) is 0. The molecule has 1 nitrogen and oxygen atoms in total. The molecule has 0 saturated heterocycles. The van der Waals surface area contributed by atoms with Crippen LogP contribution in [0.2, 0.25) is 0 Å². The number of aromatic amines is 1. The van der Waals surface area contributed by atoms with Crippen molar-refractivity contribution in [3.8, 4) is 22.3 Å². The van der Waals surface area contributed by atoms with Gasteiger partial charge in [-0.25, -0.2) is 0 Å². The van der Waals surface area contributed by atoms with Crippen molar-refractivity contribution in [1.82, 2.24) is 4.98 Å². The maximum atomic E-state index is 5.83. The molecule has 2 heteroatoms. The van der Waals surface area contributed by atoms with E-state index in [1.165, 1.54) is 22.3 Å². The molecular formula is C17H14ClN. The Bertz CT molecular complexity index is 654. The number of alkyl halides is 1. The van der Waals surface area contributed by atoms with Gasteiger partial charge in [0, 0.05) is 18.3 Å². The van der Waals surface area contributed by atoms with Crippen LogP contribution in [0.4, 0.5) is 0 Å². The number of benzene rings is 2. The largest absolute Gasteiger partial charge is 0.367 e. The molecule has 2 aromatic carbocycles. The number of nitrogens with one attached hydrogen (secondary N) is 1. The van der Waals surface area contributed by atoms with Crippen molar-refractivity contribution in [1.29, 1.82) is 0 Å². The predicted octanol–water partition coefficient (Wildman–Crippen LogP) is 5.09. The van der Waals surface area contributed by atoms with E-state index < -0.39 is 0 Å². The van der Waals surface area contributed by atoms with Crippen molar-refractivity contribution in [2.45, 2.75) is 5.88 Å². The third kappa shape index (κ3) is 2.42. The summed E-state index contributed by atoms with van der Waals surface area (Å²) < 4.78 is 0. The second-order valence-corrected chi connectivity index (χ2v) is 4.74. The highest BCUT2D eigenvalue weighted by molar-refractivity contribution is 6.17. The number of aromatic nitrogens is 1. The predicted molar refractivity (Wildman–Crippen MR) is 81.2 cm³/mol. The summed E-state index contributed by atoms with van der Waals surface area (Å²) in [5.74, 6) is 0.555. The van der Waals surface area contributed by atoms with Crippen LogP contribution in [0.25, 0.3) is 22.3 Å². The minimum absolute atomic E-state index is 0.555. The van der Waals surface area contributed by atoms with Crippen LogP contribution in [0.3, 0.4) is 0 Å². The SMILES string of the molecule is ClCc1ccc(-c2ccccc2-c2cc[nH]c2)cc1. The van der Waals surface area contributed by atoms with Gasteiger partial charge in [-0.3, -0.25) is 0 Å². The smallest absolute Gasteiger partial charge is 0.0474 e. The molecule has 0 unspecified atom stereocenters. The van der Waals surface area contributed by atoms with Crippen molar-refractivity contribution in [2.24, 2.45) is 0 Å². The van der Waals surface area contributed by atoms with Crippen LogP contribution in [0.5, 0.6) is 0 Å². The number of hydrogen-bond donors (Lipinski definition) is 1. The number of hydrogen-bond acceptors (Lipinski definition) is 0. The Morgan fingerprint density at radius 2 is 1.47 bits per heavy atom. The molecule has 3 aromatic rings. The first kappa shape index (κ1) is 12.1. The first-order valence-electron chi connectivity index (χ1n) is 6.26. The molecule has 1 aromatic heterocycles. The number of halogens is 1. The van der Waals surface area contributed by atoms with E-state index in [0.29, 0.717) is 5.88 Å². The van der Waals surface area contributed by atoms with Crippen molar-refractivity contribution in [2.75, 3.05) is 0 Å². The van der Waals surface area contributed by atoms with E-state index >= 15 is 0 Å². The van der Waals surface area contributed by atoms with Gasteiger partial charge in [0.2, 0.25) is 0 Å². The van der Waals surface area contributed by atoms with Gasteiger partial charge in [-0.05, 0) is 33.9 Å². The van der Waals surface area contributed by atoms with E-state index in [2.05, 4.69) is 59.6 Å². The van der Waals surface area contributed by atoms with Crippen LogP contribution >= 0.6 is 11.6 Å². The van der Waals surface area contributed by atoms with Gasteiger partial charge in [0.05, 0.1) is 0 Å². The molecule has 0 atom stereocenters. The fraction of sp³-hybridized carbons (Fsp3) is 0.0588. The Balaban J connectivity index is 2.09.